The first-order valence-corrected chi connectivity index (χ1v) is 11.5. The maximum Gasteiger partial charge on any atom is 0.269 e. The highest BCUT2D eigenvalue weighted by atomic mass is 16.6. The van der Waals surface area contributed by atoms with Crippen LogP contribution in [0.25, 0.3) is 0 Å². The molecule has 0 spiro atoms. The molecular formula is C26H26N4O8. The third-order valence-electron chi connectivity index (χ3n) is 5.32. The van der Waals surface area contributed by atoms with Crippen molar-refractivity contribution in [3.05, 3.63) is 104 Å². The van der Waals surface area contributed by atoms with Crippen LogP contribution in [-0.4, -0.2) is 35.4 Å². The number of nitro benzene ring substituents is 2. The zero-order chi connectivity index (χ0) is 27.8. The molecule has 0 atom stereocenters. The van der Waals surface area contributed by atoms with Gasteiger partial charge in [-0.25, -0.2) is 0 Å². The van der Waals surface area contributed by atoms with Gasteiger partial charge in [0.15, 0.2) is 11.5 Å². The summed E-state index contributed by atoms with van der Waals surface area (Å²) in [5.74, 6) is -0.0792. The van der Waals surface area contributed by atoms with E-state index in [1.807, 2.05) is 13.8 Å². The average molecular weight is 523 g/mol. The summed E-state index contributed by atoms with van der Waals surface area (Å²) in [6.07, 6.45) is -1.06. The molecule has 0 aliphatic carbocycles. The first kappa shape index (κ1) is 27.6. The summed E-state index contributed by atoms with van der Waals surface area (Å²) in [6.45, 7) is 4.45. The van der Waals surface area contributed by atoms with Crippen LogP contribution in [0.3, 0.4) is 0 Å². The van der Waals surface area contributed by atoms with Crippen LogP contribution in [-0.2, 0) is 0 Å². The second-order valence-electron chi connectivity index (χ2n) is 8.60. The Morgan fingerprint density at radius 1 is 0.789 bits per heavy atom. The van der Waals surface area contributed by atoms with Crippen LogP contribution in [0.2, 0.25) is 0 Å². The topological polar surface area (TPSA) is 163 Å². The number of hydrogen-bond acceptors (Lipinski definition) is 8. The lowest BCUT2D eigenvalue weighted by molar-refractivity contribution is -0.385. The predicted octanol–water partition coefficient (Wildman–Crippen LogP) is 4.41. The number of carbonyl (C=O) groups excluding carboxylic acids is 2. The van der Waals surface area contributed by atoms with Crippen LogP contribution in [0.5, 0.6) is 11.5 Å². The van der Waals surface area contributed by atoms with E-state index < -0.39 is 27.8 Å². The van der Waals surface area contributed by atoms with Gasteiger partial charge in [0.25, 0.3) is 23.2 Å². The number of nitrogens with one attached hydrogen (secondary N) is 2. The number of methoxy groups -OCH3 is 1. The van der Waals surface area contributed by atoms with E-state index in [2.05, 4.69) is 10.6 Å². The molecule has 3 rings (SSSR count). The summed E-state index contributed by atoms with van der Waals surface area (Å²) < 4.78 is 11.2. The Morgan fingerprint density at radius 3 is 1.66 bits per heavy atom. The Bertz CT molecular complexity index is 1250. The maximum absolute atomic E-state index is 13.0. The maximum atomic E-state index is 13.0. The largest absolute Gasteiger partial charge is 0.493 e. The van der Waals surface area contributed by atoms with E-state index in [0.717, 1.165) is 0 Å². The fraction of sp³-hybridized carbons (Fsp3) is 0.231. The summed E-state index contributed by atoms with van der Waals surface area (Å²) >= 11 is 0. The van der Waals surface area contributed by atoms with Crippen molar-refractivity contribution in [2.45, 2.75) is 20.0 Å². The number of amides is 2. The summed E-state index contributed by atoms with van der Waals surface area (Å²) in [7, 11) is 1.46. The molecule has 3 aromatic rings. The molecule has 0 aliphatic heterocycles. The van der Waals surface area contributed by atoms with Gasteiger partial charge in [0.05, 0.1) is 23.6 Å². The van der Waals surface area contributed by atoms with Gasteiger partial charge in [-0.3, -0.25) is 29.8 Å². The number of non-ortho nitro benzene ring substituents is 2. The van der Waals surface area contributed by atoms with E-state index >= 15 is 0 Å². The Hall–Kier alpha value is -5.00. The van der Waals surface area contributed by atoms with Crippen molar-refractivity contribution in [1.29, 1.82) is 0 Å². The van der Waals surface area contributed by atoms with Crippen molar-refractivity contribution in [2.75, 3.05) is 13.7 Å². The van der Waals surface area contributed by atoms with Gasteiger partial charge in [-0.05, 0) is 47.9 Å². The van der Waals surface area contributed by atoms with Crippen molar-refractivity contribution in [3.8, 4) is 11.5 Å². The number of nitrogens with zero attached hydrogens (tertiary/aromatic N) is 2. The van der Waals surface area contributed by atoms with Crippen molar-refractivity contribution in [1.82, 2.24) is 10.6 Å². The minimum Gasteiger partial charge on any atom is -0.493 e. The SMILES string of the molecule is COc1cc(C(NC(=O)c2ccc([N+](=O)[O-])cc2)NC(=O)c2ccc([N+](=O)[O-])cc2)ccc1OCC(C)C. The molecule has 3 aromatic carbocycles. The second kappa shape index (κ2) is 12.3. The third-order valence-corrected chi connectivity index (χ3v) is 5.32. The summed E-state index contributed by atoms with van der Waals surface area (Å²) in [5.41, 5.74) is 0.366. The number of ether oxygens (including phenoxy) is 2. The van der Waals surface area contributed by atoms with Crippen LogP contribution in [0.15, 0.2) is 66.7 Å². The normalized spacial score (nSPS) is 10.7. The van der Waals surface area contributed by atoms with Gasteiger partial charge in [0, 0.05) is 35.4 Å². The Kier molecular flexibility index (Phi) is 8.93. The first-order chi connectivity index (χ1) is 18.1. The zero-order valence-corrected chi connectivity index (χ0v) is 20.9. The Balaban J connectivity index is 1.91. The summed E-state index contributed by atoms with van der Waals surface area (Å²) in [4.78, 5) is 46.7. The molecule has 0 unspecified atom stereocenters. The monoisotopic (exact) mass is 522 g/mol. The van der Waals surface area contributed by atoms with Gasteiger partial charge >= 0.3 is 0 Å². The predicted molar refractivity (Wildman–Crippen MR) is 137 cm³/mol. The van der Waals surface area contributed by atoms with Gasteiger partial charge in [0.2, 0.25) is 0 Å². The van der Waals surface area contributed by atoms with Gasteiger partial charge in [-0.1, -0.05) is 19.9 Å². The Morgan fingerprint density at radius 2 is 1.26 bits per heavy atom. The lowest BCUT2D eigenvalue weighted by atomic mass is 10.1. The summed E-state index contributed by atoms with van der Waals surface area (Å²) in [5, 5.41) is 27.3. The van der Waals surface area contributed by atoms with Gasteiger partial charge in [-0.15, -0.1) is 0 Å². The molecule has 0 fully saturated rings. The minimum absolute atomic E-state index is 0.133. The lowest BCUT2D eigenvalue weighted by Crippen LogP contribution is -2.41. The Labute approximate surface area is 217 Å². The van der Waals surface area contributed by atoms with E-state index in [1.165, 1.54) is 55.6 Å². The molecule has 0 aromatic heterocycles. The molecule has 0 heterocycles. The van der Waals surface area contributed by atoms with E-state index in [1.54, 1.807) is 18.2 Å². The number of hydrogen-bond donors (Lipinski definition) is 2. The molecule has 0 bridgehead atoms. The van der Waals surface area contributed by atoms with Crippen molar-refractivity contribution in [3.63, 3.8) is 0 Å². The number of carbonyl (C=O) groups is 2. The number of nitro groups is 2. The molecule has 12 heteroatoms. The average Bonchev–Trinajstić information content (AvgIpc) is 2.91. The van der Waals surface area contributed by atoms with E-state index in [-0.39, 0.29) is 28.4 Å². The van der Waals surface area contributed by atoms with Gasteiger partial charge in [-0.2, -0.15) is 0 Å². The lowest BCUT2D eigenvalue weighted by Gasteiger charge is -2.22. The summed E-state index contributed by atoms with van der Waals surface area (Å²) in [6, 6.07) is 14.9. The van der Waals surface area contributed by atoms with Crippen LogP contribution in [0, 0.1) is 26.1 Å². The fourth-order valence-electron chi connectivity index (χ4n) is 3.34. The van der Waals surface area contributed by atoms with Crippen molar-refractivity contribution in [2.24, 2.45) is 5.92 Å². The molecule has 0 saturated heterocycles. The molecule has 12 nitrogen and oxygen atoms in total. The molecule has 2 amide bonds. The molecule has 0 aliphatic rings. The van der Waals surface area contributed by atoms with E-state index in [0.29, 0.717) is 23.7 Å². The van der Waals surface area contributed by atoms with Crippen LogP contribution in [0.4, 0.5) is 11.4 Å². The van der Waals surface area contributed by atoms with Crippen LogP contribution < -0.4 is 20.1 Å². The zero-order valence-electron chi connectivity index (χ0n) is 20.9. The highest BCUT2D eigenvalue weighted by Crippen LogP contribution is 2.30. The van der Waals surface area contributed by atoms with E-state index in [4.69, 9.17) is 9.47 Å². The quantitative estimate of drug-likeness (QED) is 0.212. The third kappa shape index (κ3) is 7.03. The molecule has 2 N–H and O–H groups in total. The van der Waals surface area contributed by atoms with Crippen LogP contribution >= 0.6 is 0 Å². The van der Waals surface area contributed by atoms with Crippen molar-refractivity contribution < 1.29 is 28.9 Å². The molecule has 198 valence electrons. The highest BCUT2D eigenvalue weighted by molar-refractivity contribution is 5.97. The second-order valence-corrected chi connectivity index (χ2v) is 8.60. The van der Waals surface area contributed by atoms with Crippen LogP contribution in [0.1, 0.15) is 46.3 Å². The van der Waals surface area contributed by atoms with Gasteiger partial charge in [0.1, 0.15) is 6.17 Å². The first-order valence-electron chi connectivity index (χ1n) is 11.5. The number of benzene rings is 3. The van der Waals surface area contributed by atoms with E-state index in [9.17, 15) is 29.8 Å². The molecule has 0 saturated carbocycles. The minimum atomic E-state index is -1.06. The fourth-order valence-corrected chi connectivity index (χ4v) is 3.34. The highest BCUT2D eigenvalue weighted by Gasteiger charge is 2.22. The van der Waals surface area contributed by atoms with Crippen molar-refractivity contribution >= 4 is 23.2 Å². The molecule has 0 radical (unpaired) electrons. The smallest absolute Gasteiger partial charge is 0.269 e. The molecule has 38 heavy (non-hydrogen) atoms. The standard InChI is InChI=1S/C26H26N4O8/c1-16(2)15-38-22-13-8-19(14-23(22)37-3)24(27-25(31)17-4-9-20(10-5-17)29(33)34)28-26(32)18-6-11-21(12-7-18)30(35)36/h4-14,16,24H,15H2,1-3H3,(H,27,31)(H,28,32). The number of rotatable bonds is 11. The molecular weight excluding hydrogens is 496 g/mol. The van der Waals surface area contributed by atoms with Gasteiger partial charge < -0.3 is 20.1 Å².